The van der Waals surface area contributed by atoms with E-state index >= 15 is 0 Å². The average molecular weight is 707 g/mol. The van der Waals surface area contributed by atoms with Crippen LogP contribution in [0.5, 0.6) is 5.75 Å². The van der Waals surface area contributed by atoms with Crippen molar-refractivity contribution in [1.29, 1.82) is 5.26 Å². The van der Waals surface area contributed by atoms with Gasteiger partial charge in [-0.25, -0.2) is 14.4 Å². The van der Waals surface area contributed by atoms with Gasteiger partial charge in [0.05, 0.1) is 17.9 Å². The van der Waals surface area contributed by atoms with Crippen LogP contribution in [0, 0.1) is 35.8 Å². The minimum Gasteiger partial charge on any atom is -0.483 e. The van der Waals surface area contributed by atoms with Crippen molar-refractivity contribution in [2.75, 3.05) is 51.8 Å². The number of benzene rings is 2. The Bertz CT molecular complexity index is 1890. The number of nitrogens with one attached hydrogen (secondary N) is 2. The number of carbonyl (C=O) groups is 3. The van der Waals surface area contributed by atoms with E-state index < -0.39 is 18.2 Å². The van der Waals surface area contributed by atoms with E-state index in [-0.39, 0.29) is 35.6 Å². The van der Waals surface area contributed by atoms with Crippen molar-refractivity contribution in [3.63, 3.8) is 0 Å². The van der Waals surface area contributed by atoms with Gasteiger partial charge in [-0.15, -0.1) is 0 Å². The molecule has 0 aliphatic carbocycles. The van der Waals surface area contributed by atoms with E-state index in [0.717, 1.165) is 32.1 Å². The van der Waals surface area contributed by atoms with E-state index in [4.69, 9.17) is 25.0 Å². The van der Waals surface area contributed by atoms with Crippen LogP contribution < -0.4 is 15.4 Å². The zero-order chi connectivity index (χ0) is 37.1. The van der Waals surface area contributed by atoms with Gasteiger partial charge >= 0.3 is 0 Å². The molecule has 4 heterocycles. The largest absolute Gasteiger partial charge is 0.483 e. The van der Waals surface area contributed by atoms with Crippen molar-refractivity contribution in [1.82, 2.24) is 29.5 Å². The number of carboxylic acid groups (broad SMARTS) is 1. The summed E-state index contributed by atoms with van der Waals surface area (Å²) in [6.45, 7) is 6.19. The number of amides is 2. The molecule has 2 aromatic carbocycles. The number of rotatable bonds is 8. The van der Waals surface area contributed by atoms with Gasteiger partial charge in [-0.05, 0) is 61.7 Å². The Kier molecular flexibility index (Phi) is 13.3. The van der Waals surface area contributed by atoms with Crippen LogP contribution >= 0.6 is 0 Å². The third-order valence-electron chi connectivity index (χ3n) is 8.74. The average Bonchev–Trinajstić information content (AvgIpc) is 3.82. The van der Waals surface area contributed by atoms with Crippen molar-refractivity contribution >= 4 is 35.4 Å². The molecule has 2 aliphatic heterocycles. The number of ether oxygens (including phenoxy) is 1. The molecule has 2 atom stereocenters. The fraction of sp³-hybridized carbons (Fsp3) is 0.371. The lowest BCUT2D eigenvalue weighted by Gasteiger charge is -2.36. The zero-order valence-corrected chi connectivity index (χ0v) is 28.5. The number of aryl methyl sites for hydroxylation is 1. The molecule has 4 N–H and O–H groups in total. The Hall–Kier alpha value is -5.66. The predicted octanol–water partition coefficient (Wildman–Crippen LogP) is 3.61. The Morgan fingerprint density at radius 3 is 2.47 bits per heavy atom. The number of hydrogen-bond acceptors (Lipinski definition) is 10. The van der Waals surface area contributed by atoms with Crippen LogP contribution in [0.15, 0.2) is 48.9 Å². The molecular weight excluding hydrogens is 666 g/mol. The van der Waals surface area contributed by atoms with Crippen molar-refractivity contribution in [2.24, 2.45) is 5.92 Å². The van der Waals surface area contributed by atoms with Gasteiger partial charge in [-0.1, -0.05) is 13.3 Å². The van der Waals surface area contributed by atoms with E-state index in [1.165, 1.54) is 24.5 Å². The van der Waals surface area contributed by atoms with Crippen LogP contribution in [0.3, 0.4) is 0 Å². The van der Waals surface area contributed by atoms with Crippen LogP contribution in [-0.4, -0.2) is 105 Å². The molecule has 51 heavy (non-hydrogen) atoms. The van der Waals surface area contributed by atoms with Crippen LogP contribution in [0.2, 0.25) is 0 Å². The SMILES string of the molecule is CC[C@@H]1CNC(C(=O)N2CCN(C(=O)c3ccc(Nc4nccn5c(-c6ccc(OCC#N)c(F)c6F)cnc45)cc3C)CC2)C1.CO.O=CO. The lowest BCUT2D eigenvalue weighted by Crippen LogP contribution is -2.54. The van der Waals surface area contributed by atoms with E-state index in [2.05, 4.69) is 27.5 Å². The Labute approximate surface area is 293 Å². The molecular formula is C35H40F2N8O6. The highest BCUT2D eigenvalue weighted by Crippen LogP contribution is 2.32. The molecule has 14 nitrogen and oxygen atoms in total. The molecule has 2 aromatic heterocycles. The maximum atomic E-state index is 15.0. The number of aromatic nitrogens is 3. The fourth-order valence-corrected chi connectivity index (χ4v) is 6.10. The van der Waals surface area contributed by atoms with E-state index in [9.17, 15) is 18.4 Å². The summed E-state index contributed by atoms with van der Waals surface area (Å²) < 4.78 is 36.1. The first-order chi connectivity index (χ1) is 24.7. The zero-order valence-electron chi connectivity index (χ0n) is 28.5. The number of fused-ring (bicyclic) bond motifs is 1. The molecule has 1 unspecified atom stereocenters. The topological polar surface area (TPSA) is 185 Å². The summed E-state index contributed by atoms with van der Waals surface area (Å²) in [5.41, 5.74) is 2.65. The maximum Gasteiger partial charge on any atom is 0.290 e. The molecule has 0 radical (unpaired) electrons. The van der Waals surface area contributed by atoms with E-state index in [0.29, 0.717) is 60.5 Å². The van der Waals surface area contributed by atoms with Gasteiger partial charge in [0, 0.05) is 62.5 Å². The third-order valence-corrected chi connectivity index (χ3v) is 8.74. The quantitative estimate of drug-likeness (QED) is 0.196. The summed E-state index contributed by atoms with van der Waals surface area (Å²) in [7, 11) is 1.00. The number of aliphatic hydroxyl groups is 1. The second-order valence-corrected chi connectivity index (χ2v) is 11.6. The second-order valence-electron chi connectivity index (χ2n) is 11.6. The number of aliphatic hydroxyl groups excluding tert-OH is 1. The van der Waals surface area contributed by atoms with Crippen LogP contribution in [-0.2, 0) is 9.59 Å². The fourth-order valence-electron chi connectivity index (χ4n) is 6.10. The standard InChI is InChI=1S/C33H34F2N8O3.CH2O2.CH4O/c1-3-21-17-25(38-18-21)33(45)42-13-11-41(12-14-42)32(44)23-5-4-22(16-20(23)2)40-30-31-39-19-26(43(31)10-9-37-30)24-6-7-27(46-15-8-36)29(35)28(24)34;2-1-3;1-2/h4-7,9-10,16,19,21,25,38H,3,11-15,17-18H2,1-2H3,(H,37,40);1H,(H,2,3);2H,1H3/t21-,25?;;/m0../s1. The maximum absolute atomic E-state index is 15.0. The summed E-state index contributed by atoms with van der Waals surface area (Å²) >= 11 is 0. The first kappa shape index (κ1) is 38.1. The van der Waals surface area contributed by atoms with Gasteiger partial charge in [-0.2, -0.15) is 9.65 Å². The van der Waals surface area contributed by atoms with Gasteiger partial charge in [-0.3, -0.25) is 18.8 Å². The lowest BCUT2D eigenvalue weighted by molar-refractivity contribution is -0.134. The monoisotopic (exact) mass is 706 g/mol. The van der Waals surface area contributed by atoms with E-state index in [1.807, 2.05) is 17.9 Å². The molecule has 2 fully saturated rings. The molecule has 0 saturated carbocycles. The molecule has 270 valence electrons. The number of halogens is 2. The van der Waals surface area contributed by atoms with Gasteiger partial charge in [0.1, 0.15) is 6.07 Å². The molecule has 6 rings (SSSR count). The Morgan fingerprint density at radius 2 is 1.82 bits per heavy atom. The van der Waals surface area contributed by atoms with Crippen LogP contribution in [0.4, 0.5) is 20.3 Å². The highest BCUT2D eigenvalue weighted by molar-refractivity contribution is 5.96. The van der Waals surface area contributed by atoms with Crippen molar-refractivity contribution < 1.29 is 38.1 Å². The Balaban J connectivity index is 0.00000111. The summed E-state index contributed by atoms with van der Waals surface area (Å²) in [5, 5.41) is 29.1. The second kappa shape index (κ2) is 17.8. The molecule has 0 spiro atoms. The summed E-state index contributed by atoms with van der Waals surface area (Å²) in [4.78, 5) is 47.2. The number of nitriles is 1. The minimum absolute atomic E-state index is 0.0318. The summed E-state index contributed by atoms with van der Waals surface area (Å²) in [5.74, 6) is -1.71. The number of piperazine rings is 1. The molecule has 2 amide bonds. The molecule has 16 heteroatoms. The molecule has 4 aromatic rings. The number of nitrogens with zero attached hydrogens (tertiary/aromatic N) is 6. The van der Waals surface area contributed by atoms with Gasteiger partial charge < -0.3 is 35.4 Å². The van der Waals surface area contributed by atoms with Gasteiger partial charge in [0.25, 0.3) is 12.4 Å². The predicted molar refractivity (Wildman–Crippen MR) is 183 cm³/mol. The van der Waals surface area contributed by atoms with Gasteiger partial charge in [0.15, 0.2) is 29.6 Å². The van der Waals surface area contributed by atoms with Crippen molar-refractivity contribution in [2.45, 2.75) is 32.7 Å². The third kappa shape index (κ3) is 8.56. The number of anilines is 2. The van der Waals surface area contributed by atoms with Gasteiger partial charge in [0.2, 0.25) is 11.7 Å². The minimum atomic E-state index is -1.19. The number of imidazole rings is 1. The Morgan fingerprint density at radius 1 is 1.12 bits per heavy atom. The summed E-state index contributed by atoms with van der Waals surface area (Å²) in [6.07, 6.45) is 6.45. The normalized spacial score (nSPS) is 16.6. The molecule has 2 saturated heterocycles. The number of hydrogen-bond donors (Lipinski definition) is 4. The highest BCUT2D eigenvalue weighted by atomic mass is 19.2. The van der Waals surface area contributed by atoms with Crippen LogP contribution in [0.25, 0.3) is 16.9 Å². The molecule has 2 aliphatic rings. The smallest absolute Gasteiger partial charge is 0.290 e. The number of carbonyl (C=O) groups excluding carboxylic acids is 2. The lowest BCUT2D eigenvalue weighted by atomic mass is 10.0. The first-order valence-corrected chi connectivity index (χ1v) is 16.2. The van der Waals surface area contributed by atoms with E-state index in [1.54, 1.807) is 33.7 Å². The highest BCUT2D eigenvalue weighted by Gasteiger charge is 2.33. The first-order valence-electron chi connectivity index (χ1n) is 16.2. The van der Waals surface area contributed by atoms with Crippen LogP contribution in [0.1, 0.15) is 35.7 Å². The summed E-state index contributed by atoms with van der Waals surface area (Å²) in [6, 6.07) is 9.61. The molecule has 0 bridgehead atoms. The van der Waals surface area contributed by atoms with Crippen molar-refractivity contribution in [3.05, 3.63) is 71.7 Å². The van der Waals surface area contributed by atoms with Crippen molar-refractivity contribution in [3.8, 4) is 23.1 Å².